The third kappa shape index (κ3) is 4.47. The molecule has 1 N–H and O–H groups in total. The van der Waals surface area contributed by atoms with E-state index in [0.717, 1.165) is 57.2 Å². The average molecular weight is 326 g/mol. The lowest BCUT2D eigenvalue weighted by molar-refractivity contribution is -0.132. The van der Waals surface area contributed by atoms with Crippen LogP contribution in [0.25, 0.3) is 0 Å². The van der Waals surface area contributed by atoms with Crippen LogP contribution in [0, 0.1) is 0 Å². The summed E-state index contributed by atoms with van der Waals surface area (Å²) in [7, 11) is 0. The van der Waals surface area contributed by atoms with Gasteiger partial charge in [-0.25, -0.2) is 0 Å². The van der Waals surface area contributed by atoms with E-state index < -0.39 is 0 Å². The van der Waals surface area contributed by atoms with E-state index in [-0.39, 0.29) is 17.9 Å². The molecular formula is C20H26N2O2. The Bertz CT molecular complexity index is 601. The summed E-state index contributed by atoms with van der Waals surface area (Å²) >= 11 is 0. The first kappa shape index (κ1) is 16.7. The van der Waals surface area contributed by atoms with Gasteiger partial charge in [-0.05, 0) is 44.1 Å². The second kappa shape index (κ2) is 8.13. The number of aryl methyl sites for hydroxylation is 1. The van der Waals surface area contributed by atoms with Crippen LogP contribution in [0.5, 0.6) is 0 Å². The van der Waals surface area contributed by atoms with E-state index in [0.29, 0.717) is 6.42 Å². The van der Waals surface area contributed by atoms with E-state index in [1.165, 1.54) is 5.56 Å². The van der Waals surface area contributed by atoms with Crippen molar-refractivity contribution in [1.82, 2.24) is 10.2 Å². The Hall–Kier alpha value is -2.10. The number of nitrogens with one attached hydrogen (secondary N) is 1. The van der Waals surface area contributed by atoms with Crippen LogP contribution in [-0.4, -0.2) is 35.8 Å². The summed E-state index contributed by atoms with van der Waals surface area (Å²) in [6.45, 7) is 1.50. The molecule has 1 aromatic carbocycles. The quantitative estimate of drug-likeness (QED) is 0.904. The van der Waals surface area contributed by atoms with E-state index in [1.54, 1.807) is 0 Å². The van der Waals surface area contributed by atoms with Crippen molar-refractivity contribution >= 4 is 11.8 Å². The van der Waals surface area contributed by atoms with Gasteiger partial charge in [-0.1, -0.05) is 36.4 Å². The van der Waals surface area contributed by atoms with Gasteiger partial charge in [-0.3, -0.25) is 9.59 Å². The van der Waals surface area contributed by atoms with Crippen LogP contribution in [0.3, 0.4) is 0 Å². The Morgan fingerprint density at radius 1 is 1.12 bits per heavy atom. The first-order chi connectivity index (χ1) is 11.7. The molecule has 1 fully saturated rings. The van der Waals surface area contributed by atoms with E-state index in [2.05, 4.69) is 23.5 Å². The van der Waals surface area contributed by atoms with Gasteiger partial charge in [0.2, 0.25) is 11.8 Å². The minimum Gasteiger partial charge on any atom is -0.349 e. The molecule has 4 nitrogen and oxygen atoms in total. The lowest BCUT2D eigenvalue weighted by Gasteiger charge is -2.32. The largest absolute Gasteiger partial charge is 0.349 e. The lowest BCUT2D eigenvalue weighted by Crippen LogP contribution is -2.46. The Balaban J connectivity index is 1.39. The molecule has 0 atom stereocenters. The van der Waals surface area contributed by atoms with Crippen LogP contribution in [0.1, 0.15) is 44.1 Å². The highest BCUT2D eigenvalue weighted by Crippen LogP contribution is 2.19. The van der Waals surface area contributed by atoms with Crippen molar-refractivity contribution in [3.8, 4) is 0 Å². The number of allylic oxidation sites excluding steroid dienone is 1. The molecule has 1 aromatic rings. The zero-order chi connectivity index (χ0) is 16.8. The van der Waals surface area contributed by atoms with Crippen molar-refractivity contribution in [3.63, 3.8) is 0 Å². The molecule has 24 heavy (non-hydrogen) atoms. The zero-order valence-corrected chi connectivity index (χ0v) is 14.2. The fourth-order valence-electron chi connectivity index (χ4n) is 3.48. The molecule has 2 amide bonds. The maximum absolute atomic E-state index is 12.3. The molecule has 3 rings (SSSR count). The highest BCUT2D eigenvalue weighted by Gasteiger charge is 2.24. The van der Waals surface area contributed by atoms with Crippen LogP contribution in [-0.2, 0) is 16.0 Å². The second-order valence-corrected chi connectivity index (χ2v) is 6.74. The number of rotatable bonds is 5. The molecule has 4 heteroatoms. The van der Waals surface area contributed by atoms with Crippen LogP contribution in [0.15, 0.2) is 42.0 Å². The number of carbonyl (C=O) groups is 2. The number of amides is 2. The van der Waals surface area contributed by atoms with Gasteiger partial charge < -0.3 is 10.2 Å². The summed E-state index contributed by atoms with van der Waals surface area (Å²) in [5, 5.41) is 3.13. The van der Waals surface area contributed by atoms with Gasteiger partial charge in [-0.15, -0.1) is 0 Å². The number of benzene rings is 1. The fraction of sp³-hybridized carbons (Fsp3) is 0.500. The van der Waals surface area contributed by atoms with Crippen molar-refractivity contribution in [2.45, 2.75) is 51.0 Å². The monoisotopic (exact) mass is 326 g/mol. The SMILES string of the molecule is O=C(NC1CCN(C(=O)CCc2ccccc2)CC1)C1=CCCC1. The Morgan fingerprint density at radius 3 is 2.54 bits per heavy atom. The van der Waals surface area contributed by atoms with Crippen LogP contribution < -0.4 is 5.32 Å². The van der Waals surface area contributed by atoms with Gasteiger partial charge in [0.05, 0.1) is 0 Å². The van der Waals surface area contributed by atoms with Crippen LogP contribution in [0.4, 0.5) is 0 Å². The molecule has 1 heterocycles. The average Bonchev–Trinajstić information content (AvgIpc) is 3.16. The van der Waals surface area contributed by atoms with E-state index in [9.17, 15) is 9.59 Å². The van der Waals surface area contributed by atoms with Gasteiger partial charge >= 0.3 is 0 Å². The smallest absolute Gasteiger partial charge is 0.247 e. The minimum atomic E-state index is 0.0985. The molecule has 0 saturated carbocycles. The summed E-state index contributed by atoms with van der Waals surface area (Å²) in [5.74, 6) is 0.323. The van der Waals surface area contributed by atoms with Crippen molar-refractivity contribution in [3.05, 3.63) is 47.5 Å². The Labute approximate surface area is 143 Å². The Kier molecular flexibility index (Phi) is 5.68. The number of likely N-dealkylation sites (tertiary alicyclic amines) is 1. The standard InChI is InChI=1S/C20H26N2O2/c23-19(11-10-16-6-2-1-3-7-16)22-14-12-18(13-15-22)21-20(24)17-8-4-5-9-17/h1-3,6-8,18H,4-5,9-15H2,(H,21,24). The third-order valence-electron chi connectivity index (χ3n) is 4.99. The predicted octanol–water partition coefficient (Wildman–Crippen LogP) is 2.84. The predicted molar refractivity (Wildman–Crippen MR) is 94.4 cm³/mol. The summed E-state index contributed by atoms with van der Waals surface area (Å²) < 4.78 is 0. The second-order valence-electron chi connectivity index (χ2n) is 6.74. The number of hydrogen-bond acceptors (Lipinski definition) is 2. The van der Waals surface area contributed by atoms with Crippen molar-refractivity contribution in [1.29, 1.82) is 0 Å². The molecule has 0 aromatic heterocycles. The maximum Gasteiger partial charge on any atom is 0.247 e. The number of hydrogen-bond donors (Lipinski definition) is 1. The zero-order valence-electron chi connectivity index (χ0n) is 14.2. The molecule has 2 aliphatic rings. The van der Waals surface area contributed by atoms with Gasteiger partial charge in [0, 0.05) is 31.1 Å². The molecule has 0 spiro atoms. The van der Waals surface area contributed by atoms with Gasteiger partial charge in [-0.2, -0.15) is 0 Å². The molecule has 0 unspecified atom stereocenters. The van der Waals surface area contributed by atoms with E-state index >= 15 is 0 Å². The first-order valence-corrected chi connectivity index (χ1v) is 9.04. The summed E-state index contributed by atoms with van der Waals surface area (Å²) in [6, 6.07) is 10.3. The first-order valence-electron chi connectivity index (χ1n) is 9.04. The van der Waals surface area contributed by atoms with Crippen molar-refractivity contribution in [2.75, 3.05) is 13.1 Å². The molecule has 0 radical (unpaired) electrons. The molecule has 1 aliphatic heterocycles. The van der Waals surface area contributed by atoms with Crippen LogP contribution in [0.2, 0.25) is 0 Å². The summed E-state index contributed by atoms with van der Waals surface area (Å²) in [5.41, 5.74) is 2.15. The van der Waals surface area contributed by atoms with E-state index in [1.807, 2.05) is 23.1 Å². The number of carbonyl (C=O) groups excluding carboxylic acids is 2. The van der Waals surface area contributed by atoms with Gasteiger partial charge in [0.15, 0.2) is 0 Å². The highest BCUT2D eigenvalue weighted by molar-refractivity contribution is 5.94. The summed E-state index contributed by atoms with van der Waals surface area (Å²) in [4.78, 5) is 26.4. The molecule has 1 saturated heterocycles. The number of piperidine rings is 1. The van der Waals surface area contributed by atoms with Gasteiger partial charge in [0.1, 0.15) is 0 Å². The topological polar surface area (TPSA) is 49.4 Å². The summed E-state index contributed by atoms with van der Waals surface area (Å²) in [6.07, 6.45) is 8.15. The number of nitrogens with zero attached hydrogens (tertiary/aromatic N) is 1. The highest BCUT2D eigenvalue weighted by atomic mass is 16.2. The molecule has 128 valence electrons. The third-order valence-corrected chi connectivity index (χ3v) is 4.99. The van der Waals surface area contributed by atoms with E-state index in [4.69, 9.17) is 0 Å². The van der Waals surface area contributed by atoms with Crippen molar-refractivity contribution in [2.24, 2.45) is 0 Å². The van der Waals surface area contributed by atoms with Crippen LogP contribution >= 0.6 is 0 Å². The molecule has 1 aliphatic carbocycles. The Morgan fingerprint density at radius 2 is 1.88 bits per heavy atom. The maximum atomic E-state index is 12.3. The van der Waals surface area contributed by atoms with Crippen molar-refractivity contribution < 1.29 is 9.59 Å². The molecular weight excluding hydrogens is 300 g/mol. The lowest BCUT2D eigenvalue weighted by atomic mass is 10.0. The fourth-order valence-corrected chi connectivity index (χ4v) is 3.48. The minimum absolute atomic E-state index is 0.0985. The van der Waals surface area contributed by atoms with Gasteiger partial charge in [0.25, 0.3) is 0 Å². The normalized spacial score (nSPS) is 18.3. The molecule has 0 bridgehead atoms.